The molecule has 0 nitrogen and oxygen atoms in total. The summed E-state index contributed by atoms with van der Waals surface area (Å²) in [5.74, 6) is 0. The van der Waals surface area contributed by atoms with E-state index in [1.807, 2.05) is 0 Å². The molecule has 0 aliphatic rings. The van der Waals surface area contributed by atoms with Gasteiger partial charge >= 0.3 is 0 Å². The van der Waals surface area contributed by atoms with Gasteiger partial charge in [-0.05, 0) is 70.8 Å². The summed E-state index contributed by atoms with van der Waals surface area (Å²) in [6.07, 6.45) is 28.1. The Morgan fingerprint density at radius 1 is 0.326 bits per heavy atom. The fraction of sp³-hybridized carbons (Fsp3) is 0.571. The third-order valence-electron chi connectivity index (χ3n) is 9.26. The zero-order valence-electron chi connectivity index (χ0n) is 28.3. The SMILES string of the molecule is CCCCCCCCc1ccccc1[Si](c1ccccc1CCCCCCCC)c1ccccc1CCCCCCCC. The van der Waals surface area contributed by atoms with Crippen LogP contribution in [0.25, 0.3) is 0 Å². The molecule has 0 saturated heterocycles. The minimum Gasteiger partial charge on any atom is -0.0654 e. The van der Waals surface area contributed by atoms with Crippen molar-refractivity contribution in [3.8, 4) is 0 Å². The number of rotatable bonds is 24. The summed E-state index contributed by atoms with van der Waals surface area (Å²) < 4.78 is 0. The van der Waals surface area contributed by atoms with Crippen molar-refractivity contribution in [2.45, 2.75) is 156 Å². The number of unbranched alkanes of at least 4 members (excludes halogenated alkanes) is 15. The van der Waals surface area contributed by atoms with Gasteiger partial charge in [0, 0.05) is 0 Å². The number of hydrogen-bond donors (Lipinski definition) is 0. The maximum atomic E-state index is 2.50. The van der Waals surface area contributed by atoms with Crippen LogP contribution >= 0.6 is 0 Å². The van der Waals surface area contributed by atoms with Gasteiger partial charge in [0.25, 0.3) is 0 Å². The van der Waals surface area contributed by atoms with E-state index in [1.165, 1.54) is 135 Å². The predicted octanol–water partition coefficient (Wildman–Crippen LogP) is 10.9. The molecule has 43 heavy (non-hydrogen) atoms. The third-order valence-corrected chi connectivity index (χ3v) is 12.3. The lowest BCUT2D eigenvalue weighted by molar-refractivity contribution is 0.607. The number of aryl methyl sites for hydroxylation is 3. The van der Waals surface area contributed by atoms with Crippen molar-refractivity contribution < 1.29 is 0 Å². The molecule has 0 bridgehead atoms. The van der Waals surface area contributed by atoms with Crippen molar-refractivity contribution in [2.75, 3.05) is 0 Å². The fourth-order valence-electron chi connectivity index (χ4n) is 6.67. The van der Waals surface area contributed by atoms with E-state index in [9.17, 15) is 0 Å². The minimum absolute atomic E-state index is 1.12. The first-order valence-electron chi connectivity index (χ1n) is 18.4. The highest BCUT2D eigenvalue weighted by molar-refractivity contribution is 6.96. The molecular formula is C42H63Si. The van der Waals surface area contributed by atoms with E-state index in [1.54, 1.807) is 32.3 Å². The van der Waals surface area contributed by atoms with E-state index in [0.29, 0.717) is 0 Å². The molecule has 0 aliphatic carbocycles. The molecule has 0 fully saturated rings. The van der Waals surface area contributed by atoms with Crippen LogP contribution in [-0.2, 0) is 19.3 Å². The van der Waals surface area contributed by atoms with Crippen molar-refractivity contribution in [3.63, 3.8) is 0 Å². The Bertz CT molecular complexity index is 974. The lowest BCUT2D eigenvalue weighted by Gasteiger charge is -2.25. The van der Waals surface area contributed by atoms with E-state index in [4.69, 9.17) is 0 Å². The summed E-state index contributed by atoms with van der Waals surface area (Å²) in [7, 11) is -1.12. The standard InChI is InChI=1S/C42H63Si/c1-4-7-10-13-16-19-28-37-31-22-25-34-40(37)43(41-35-26-23-32-38(41)29-20-17-14-11-8-5-2)42-36-27-24-33-39(42)30-21-18-15-12-9-6-3/h22-27,31-36H,4-21,28-30H2,1-3H3. The Morgan fingerprint density at radius 2 is 0.581 bits per heavy atom. The highest BCUT2D eigenvalue weighted by Gasteiger charge is 2.26. The Hall–Kier alpha value is -2.12. The summed E-state index contributed by atoms with van der Waals surface area (Å²) in [6, 6.07) is 28.7. The van der Waals surface area contributed by atoms with E-state index in [0.717, 1.165) is 0 Å². The molecular weight excluding hydrogens is 533 g/mol. The van der Waals surface area contributed by atoms with Gasteiger partial charge in [0.05, 0.1) is 0 Å². The molecule has 3 aromatic rings. The number of hydrogen-bond acceptors (Lipinski definition) is 0. The van der Waals surface area contributed by atoms with Gasteiger partial charge in [0.2, 0.25) is 0 Å². The average Bonchev–Trinajstić information content (AvgIpc) is 3.04. The van der Waals surface area contributed by atoms with Gasteiger partial charge in [-0.2, -0.15) is 0 Å². The van der Waals surface area contributed by atoms with Gasteiger partial charge in [0.1, 0.15) is 0 Å². The van der Waals surface area contributed by atoms with E-state index < -0.39 is 8.80 Å². The molecule has 0 atom stereocenters. The highest BCUT2D eigenvalue weighted by Crippen LogP contribution is 2.15. The maximum absolute atomic E-state index is 2.50. The zero-order valence-corrected chi connectivity index (χ0v) is 29.3. The molecule has 0 amide bonds. The predicted molar refractivity (Wildman–Crippen MR) is 195 cm³/mol. The van der Waals surface area contributed by atoms with Crippen LogP contribution in [0, 0.1) is 0 Å². The topological polar surface area (TPSA) is 0 Å². The smallest absolute Gasteiger partial charge is 0.0654 e. The van der Waals surface area contributed by atoms with Crippen LogP contribution < -0.4 is 15.6 Å². The summed E-state index contributed by atoms with van der Waals surface area (Å²) in [6.45, 7) is 6.94. The van der Waals surface area contributed by atoms with Crippen molar-refractivity contribution in [3.05, 3.63) is 89.5 Å². The molecule has 0 unspecified atom stereocenters. The molecule has 3 rings (SSSR count). The molecule has 0 N–H and O–H groups in total. The molecule has 235 valence electrons. The molecule has 0 aromatic heterocycles. The summed E-state index contributed by atoms with van der Waals surface area (Å²) in [5.41, 5.74) is 4.82. The van der Waals surface area contributed by atoms with Gasteiger partial charge in [-0.25, -0.2) is 0 Å². The highest BCUT2D eigenvalue weighted by atomic mass is 28.3. The molecule has 3 aromatic carbocycles. The largest absolute Gasteiger partial charge is 0.155 e. The second-order valence-electron chi connectivity index (χ2n) is 12.9. The lowest BCUT2D eigenvalue weighted by Crippen LogP contribution is -2.55. The van der Waals surface area contributed by atoms with Crippen molar-refractivity contribution in [1.29, 1.82) is 0 Å². The Kier molecular flexibility index (Phi) is 18.4. The number of benzene rings is 3. The minimum atomic E-state index is -1.12. The van der Waals surface area contributed by atoms with Gasteiger partial charge in [0.15, 0.2) is 8.80 Å². The van der Waals surface area contributed by atoms with Crippen LogP contribution in [0.1, 0.15) is 153 Å². The third kappa shape index (κ3) is 12.8. The Balaban J connectivity index is 1.90. The molecule has 0 spiro atoms. The van der Waals surface area contributed by atoms with Gasteiger partial charge in [-0.3, -0.25) is 0 Å². The van der Waals surface area contributed by atoms with Crippen LogP contribution in [0.3, 0.4) is 0 Å². The first kappa shape index (κ1) is 35.4. The van der Waals surface area contributed by atoms with Crippen LogP contribution in [0.15, 0.2) is 72.8 Å². The van der Waals surface area contributed by atoms with Crippen molar-refractivity contribution in [2.24, 2.45) is 0 Å². The van der Waals surface area contributed by atoms with Crippen molar-refractivity contribution in [1.82, 2.24) is 0 Å². The summed E-state index contributed by atoms with van der Waals surface area (Å²) in [5, 5.41) is 4.94. The maximum Gasteiger partial charge on any atom is 0.155 e. The van der Waals surface area contributed by atoms with Crippen LogP contribution in [0.5, 0.6) is 0 Å². The Labute approximate surface area is 268 Å². The van der Waals surface area contributed by atoms with E-state index >= 15 is 0 Å². The molecule has 1 heteroatoms. The van der Waals surface area contributed by atoms with Crippen LogP contribution in [-0.4, -0.2) is 8.80 Å². The van der Waals surface area contributed by atoms with E-state index in [-0.39, 0.29) is 0 Å². The fourth-order valence-corrected chi connectivity index (χ4v) is 9.92. The first-order chi connectivity index (χ1) is 21.3. The normalized spacial score (nSPS) is 11.4. The quantitative estimate of drug-likeness (QED) is 0.0549. The van der Waals surface area contributed by atoms with Crippen LogP contribution in [0.4, 0.5) is 0 Å². The summed E-state index contributed by atoms with van der Waals surface area (Å²) in [4.78, 5) is 0. The molecule has 1 radical (unpaired) electrons. The van der Waals surface area contributed by atoms with Gasteiger partial charge < -0.3 is 0 Å². The average molecular weight is 596 g/mol. The monoisotopic (exact) mass is 595 g/mol. The van der Waals surface area contributed by atoms with Gasteiger partial charge in [-0.1, -0.05) is 190 Å². The van der Waals surface area contributed by atoms with Crippen LogP contribution in [0.2, 0.25) is 0 Å². The zero-order chi connectivity index (χ0) is 30.4. The molecule has 0 heterocycles. The first-order valence-corrected chi connectivity index (χ1v) is 19.9. The Morgan fingerprint density at radius 3 is 0.884 bits per heavy atom. The summed E-state index contributed by atoms with van der Waals surface area (Å²) >= 11 is 0. The second-order valence-corrected chi connectivity index (χ2v) is 15.3. The molecule has 0 saturated carbocycles. The lowest BCUT2D eigenvalue weighted by atomic mass is 10.0. The molecule has 0 aliphatic heterocycles. The van der Waals surface area contributed by atoms with Crippen molar-refractivity contribution >= 4 is 24.4 Å². The second kappa shape index (κ2) is 22.4. The van der Waals surface area contributed by atoms with Gasteiger partial charge in [-0.15, -0.1) is 0 Å². The van der Waals surface area contributed by atoms with E-state index in [2.05, 4.69) is 93.6 Å².